The number of nitro benzene ring substituents is 1. The van der Waals surface area contributed by atoms with E-state index in [1.54, 1.807) is 34.7 Å². The molecule has 0 aromatic heterocycles. The highest BCUT2D eigenvalue weighted by molar-refractivity contribution is 5.88. The molecule has 6 heteroatoms. The maximum absolute atomic E-state index is 11.9. The van der Waals surface area contributed by atoms with Crippen LogP contribution in [0.4, 0.5) is 16.2 Å². The maximum Gasteiger partial charge on any atom is 0.414 e. The summed E-state index contributed by atoms with van der Waals surface area (Å²) in [4.78, 5) is 23.4. The van der Waals surface area contributed by atoms with Gasteiger partial charge in [0.15, 0.2) is 0 Å². The van der Waals surface area contributed by atoms with E-state index in [1.165, 1.54) is 23.1 Å². The number of hydrogen-bond acceptors (Lipinski definition) is 4. The van der Waals surface area contributed by atoms with Crippen molar-refractivity contribution in [2.24, 2.45) is 0 Å². The van der Waals surface area contributed by atoms with Gasteiger partial charge in [-0.3, -0.25) is 15.0 Å². The van der Waals surface area contributed by atoms with E-state index in [1.807, 2.05) is 0 Å². The Labute approximate surface area is 112 Å². The van der Waals surface area contributed by atoms with Crippen molar-refractivity contribution in [1.82, 2.24) is 0 Å². The third kappa shape index (κ3) is 3.94. The number of nitrogens with zero attached hydrogens (tertiary/aromatic N) is 2. The number of nitro groups is 1. The average Bonchev–Trinajstić information content (AvgIpc) is 2.25. The lowest BCUT2D eigenvalue weighted by Crippen LogP contribution is -2.34. The summed E-state index contributed by atoms with van der Waals surface area (Å²) in [6.07, 6.45) is -0.496. The van der Waals surface area contributed by atoms with Crippen molar-refractivity contribution in [3.63, 3.8) is 0 Å². The molecule has 0 aliphatic carbocycles. The van der Waals surface area contributed by atoms with Crippen LogP contribution in [0.25, 0.3) is 0 Å². The number of non-ortho nitro benzene ring substituents is 1. The Hall–Kier alpha value is -2.11. The number of hydrogen-bond donors (Lipinski definition) is 0. The van der Waals surface area contributed by atoms with E-state index in [2.05, 4.69) is 0 Å². The molecule has 1 aromatic carbocycles. The van der Waals surface area contributed by atoms with Gasteiger partial charge < -0.3 is 4.74 Å². The Morgan fingerprint density at radius 3 is 2.37 bits per heavy atom. The second kappa shape index (κ2) is 5.26. The molecule has 0 aliphatic rings. The van der Waals surface area contributed by atoms with Gasteiger partial charge in [0, 0.05) is 19.2 Å². The van der Waals surface area contributed by atoms with E-state index >= 15 is 0 Å². The van der Waals surface area contributed by atoms with Gasteiger partial charge in [0.1, 0.15) is 5.60 Å². The molecule has 0 unspecified atom stereocenters. The molecular weight excluding hydrogens is 248 g/mol. The Morgan fingerprint density at radius 2 is 1.95 bits per heavy atom. The molecule has 104 valence electrons. The van der Waals surface area contributed by atoms with Crippen LogP contribution in [-0.4, -0.2) is 23.7 Å². The minimum absolute atomic E-state index is 0.00108. The number of amides is 1. The first-order valence-electron chi connectivity index (χ1n) is 5.83. The van der Waals surface area contributed by atoms with E-state index in [0.717, 1.165) is 0 Å². The van der Waals surface area contributed by atoms with E-state index in [4.69, 9.17) is 4.74 Å². The van der Waals surface area contributed by atoms with Gasteiger partial charge in [0.05, 0.1) is 10.6 Å². The zero-order valence-corrected chi connectivity index (χ0v) is 11.8. The van der Waals surface area contributed by atoms with Gasteiger partial charge in [-0.05, 0) is 39.3 Å². The SMILES string of the molecule is Cc1cc([N+](=O)[O-])ccc1N(C)C(=O)OC(C)(C)C. The molecule has 0 atom stereocenters. The van der Waals surface area contributed by atoms with Crippen molar-refractivity contribution in [1.29, 1.82) is 0 Å². The summed E-state index contributed by atoms with van der Waals surface area (Å²) >= 11 is 0. The van der Waals surface area contributed by atoms with Crippen molar-refractivity contribution in [2.75, 3.05) is 11.9 Å². The highest BCUT2D eigenvalue weighted by Gasteiger charge is 2.22. The molecule has 0 aliphatic heterocycles. The molecule has 1 rings (SSSR count). The fourth-order valence-electron chi connectivity index (χ4n) is 1.56. The molecule has 0 spiro atoms. The van der Waals surface area contributed by atoms with Crippen LogP contribution in [0.15, 0.2) is 18.2 Å². The van der Waals surface area contributed by atoms with E-state index in [9.17, 15) is 14.9 Å². The number of carbonyl (C=O) groups excluding carboxylic acids is 1. The molecule has 0 N–H and O–H groups in total. The van der Waals surface area contributed by atoms with Crippen molar-refractivity contribution in [3.05, 3.63) is 33.9 Å². The predicted molar refractivity (Wildman–Crippen MR) is 72.5 cm³/mol. The second-order valence-corrected chi connectivity index (χ2v) is 5.27. The molecule has 0 radical (unpaired) electrons. The fourth-order valence-corrected chi connectivity index (χ4v) is 1.56. The van der Waals surface area contributed by atoms with Gasteiger partial charge in [-0.1, -0.05) is 0 Å². The van der Waals surface area contributed by atoms with Crippen molar-refractivity contribution in [2.45, 2.75) is 33.3 Å². The quantitative estimate of drug-likeness (QED) is 0.608. The Morgan fingerprint density at radius 1 is 1.37 bits per heavy atom. The highest BCUT2D eigenvalue weighted by atomic mass is 16.6. The summed E-state index contributed by atoms with van der Waals surface area (Å²) in [7, 11) is 1.57. The van der Waals surface area contributed by atoms with Crippen LogP contribution >= 0.6 is 0 Å². The number of rotatable bonds is 2. The Kier molecular flexibility index (Phi) is 4.14. The molecule has 6 nitrogen and oxygen atoms in total. The van der Waals surface area contributed by atoms with Crippen molar-refractivity contribution in [3.8, 4) is 0 Å². The summed E-state index contributed by atoms with van der Waals surface area (Å²) in [6.45, 7) is 7.05. The van der Waals surface area contributed by atoms with Gasteiger partial charge in [0.25, 0.3) is 5.69 Å². The molecule has 19 heavy (non-hydrogen) atoms. The zero-order valence-electron chi connectivity index (χ0n) is 11.8. The van der Waals surface area contributed by atoms with Crippen LogP contribution in [0, 0.1) is 17.0 Å². The molecule has 0 fully saturated rings. The summed E-state index contributed by atoms with van der Waals surface area (Å²) in [5, 5.41) is 10.7. The molecule has 0 saturated carbocycles. The number of anilines is 1. The zero-order chi connectivity index (χ0) is 14.8. The van der Waals surface area contributed by atoms with Crippen LogP contribution in [0.3, 0.4) is 0 Å². The minimum Gasteiger partial charge on any atom is -0.443 e. The monoisotopic (exact) mass is 266 g/mol. The standard InChI is InChI=1S/C13H18N2O4/c1-9-8-10(15(17)18)6-7-11(9)14(5)12(16)19-13(2,3)4/h6-8H,1-5H3. The van der Waals surface area contributed by atoms with Gasteiger partial charge in [-0.15, -0.1) is 0 Å². The number of aryl methyl sites for hydroxylation is 1. The molecule has 1 amide bonds. The lowest BCUT2D eigenvalue weighted by Gasteiger charge is -2.25. The van der Waals surface area contributed by atoms with Crippen LogP contribution in [0.5, 0.6) is 0 Å². The molecule has 0 saturated heterocycles. The van der Waals surface area contributed by atoms with Crippen LogP contribution in [-0.2, 0) is 4.74 Å². The number of carbonyl (C=O) groups is 1. The van der Waals surface area contributed by atoms with Crippen LogP contribution in [0.1, 0.15) is 26.3 Å². The van der Waals surface area contributed by atoms with E-state index < -0.39 is 16.6 Å². The first kappa shape index (κ1) is 14.9. The Balaban J connectivity index is 2.97. The first-order chi connectivity index (χ1) is 8.61. The van der Waals surface area contributed by atoms with Gasteiger partial charge in [0.2, 0.25) is 0 Å². The fraction of sp³-hybridized carbons (Fsp3) is 0.462. The largest absolute Gasteiger partial charge is 0.443 e. The van der Waals surface area contributed by atoms with Crippen LogP contribution < -0.4 is 4.90 Å². The van der Waals surface area contributed by atoms with Gasteiger partial charge in [-0.25, -0.2) is 4.79 Å². The molecule has 0 bridgehead atoms. The lowest BCUT2D eigenvalue weighted by molar-refractivity contribution is -0.384. The summed E-state index contributed by atoms with van der Waals surface area (Å²) in [6, 6.07) is 4.33. The molecule has 1 aromatic rings. The lowest BCUT2D eigenvalue weighted by atomic mass is 10.1. The van der Waals surface area contributed by atoms with Crippen LogP contribution in [0.2, 0.25) is 0 Å². The smallest absolute Gasteiger partial charge is 0.414 e. The molecular formula is C13H18N2O4. The predicted octanol–water partition coefficient (Wildman–Crippen LogP) is 3.27. The van der Waals surface area contributed by atoms with E-state index in [-0.39, 0.29) is 5.69 Å². The normalized spacial score (nSPS) is 11.0. The van der Waals surface area contributed by atoms with Crippen molar-refractivity contribution < 1.29 is 14.5 Å². The highest BCUT2D eigenvalue weighted by Crippen LogP contribution is 2.25. The summed E-state index contributed by atoms with van der Waals surface area (Å²) in [5.74, 6) is 0. The van der Waals surface area contributed by atoms with Gasteiger partial charge >= 0.3 is 6.09 Å². The van der Waals surface area contributed by atoms with E-state index in [0.29, 0.717) is 11.3 Å². The first-order valence-corrected chi connectivity index (χ1v) is 5.83. The topological polar surface area (TPSA) is 72.7 Å². The van der Waals surface area contributed by atoms with Crippen molar-refractivity contribution >= 4 is 17.5 Å². The van der Waals surface area contributed by atoms with Gasteiger partial charge in [-0.2, -0.15) is 0 Å². The number of benzene rings is 1. The minimum atomic E-state index is -0.583. The summed E-state index contributed by atoms with van der Waals surface area (Å²) < 4.78 is 5.24. The number of ether oxygens (including phenoxy) is 1. The second-order valence-electron chi connectivity index (χ2n) is 5.27. The molecule has 0 heterocycles. The third-order valence-corrected chi connectivity index (χ3v) is 2.42. The average molecular weight is 266 g/mol. The summed E-state index contributed by atoms with van der Waals surface area (Å²) in [5.41, 5.74) is 0.640. The Bertz CT molecular complexity index is 506. The third-order valence-electron chi connectivity index (χ3n) is 2.42. The maximum atomic E-state index is 11.9.